The largest absolute Gasteiger partial charge is 0.485 e. The number of carbonyl (C=O) groups excluding carboxylic acids is 1. The lowest BCUT2D eigenvalue weighted by atomic mass is 10.3. The summed E-state index contributed by atoms with van der Waals surface area (Å²) in [5, 5.41) is 1.57. The van der Waals surface area contributed by atoms with E-state index in [1.807, 2.05) is 4.72 Å². The molecule has 2 aliphatic heterocycles. The highest BCUT2D eigenvalue weighted by molar-refractivity contribution is 7.90. The fourth-order valence-corrected chi connectivity index (χ4v) is 6.26. The molecule has 2 aliphatic rings. The van der Waals surface area contributed by atoms with Crippen LogP contribution in [0.25, 0.3) is 0 Å². The van der Waals surface area contributed by atoms with E-state index in [4.69, 9.17) is 9.47 Å². The highest BCUT2D eigenvalue weighted by Crippen LogP contribution is 2.39. The van der Waals surface area contributed by atoms with Crippen LogP contribution in [0.1, 0.15) is 16.1 Å². The van der Waals surface area contributed by atoms with Crippen molar-refractivity contribution in [3.63, 3.8) is 0 Å². The van der Waals surface area contributed by atoms with Gasteiger partial charge in [-0.05, 0) is 24.6 Å². The summed E-state index contributed by atoms with van der Waals surface area (Å²) in [5.41, 5.74) is 0. The van der Waals surface area contributed by atoms with E-state index in [0.29, 0.717) is 25.4 Å². The van der Waals surface area contributed by atoms with Crippen molar-refractivity contribution in [2.45, 2.75) is 16.2 Å². The molecule has 1 aromatic heterocycles. The van der Waals surface area contributed by atoms with Crippen LogP contribution in [0, 0.1) is 0 Å². The van der Waals surface area contributed by atoms with Gasteiger partial charge in [-0.15, -0.1) is 11.3 Å². The van der Waals surface area contributed by atoms with E-state index in [1.54, 1.807) is 5.38 Å². The fourth-order valence-electron chi connectivity index (χ4n) is 2.73. The smallest absolute Gasteiger partial charge is 0.279 e. The van der Waals surface area contributed by atoms with Crippen molar-refractivity contribution < 1.29 is 31.1 Å². The molecule has 0 atom stereocenters. The van der Waals surface area contributed by atoms with Crippen molar-refractivity contribution in [3.8, 4) is 11.5 Å². The van der Waals surface area contributed by atoms with E-state index in [-0.39, 0.29) is 27.0 Å². The lowest BCUT2D eigenvalue weighted by Gasteiger charge is -2.29. The Hall–Kier alpha value is -2.15. The van der Waals surface area contributed by atoms with E-state index in [0.717, 1.165) is 23.8 Å². The molecule has 28 heavy (non-hydrogen) atoms. The van der Waals surface area contributed by atoms with Gasteiger partial charge in [-0.2, -0.15) is 4.31 Å². The van der Waals surface area contributed by atoms with Crippen LogP contribution in [0.3, 0.4) is 0 Å². The van der Waals surface area contributed by atoms with Crippen LogP contribution in [0.2, 0.25) is 0 Å². The standard InChI is InChI=1S/C16H16N2O7S3/c19-16(15-14-13(10-26-15)24-7-8-25-14)17-27(20,21)11-3-1-4-12(9-11)28(22,23)18-5-2-6-18/h1,3-4,9-10H,2,5-8H2,(H,17,19). The van der Waals surface area contributed by atoms with Gasteiger partial charge in [0.2, 0.25) is 10.0 Å². The van der Waals surface area contributed by atoms with Gasteiger partial charge in [0.15, 0.2) is 11.5 Å². The SMILES string of the molecule is O=C(NS(=O)(=O)c1cccc(S(=O)(=O)N2CCC2)c1)c1scc2c1OCCO2. The zero-order valence-corrected chi connectivity index (χ0v) is 16.9. The van der Waals surface area contributed by atoms with Crippen molar-refractivity contribution in [3.05, 3.63) is 34.5 Å². The average molecular weight is 445 g/mol. The van der Waals surface area contributed by atoms with Gasteiger partial charge in [0.1, 0.15) is 18.1 Å². The minimum absolute atomic E-state index is 0.0719. The van der Waals surface area contributed by atoms with Crippen LogP contribution in [0.5, 0.6) is 11.5 Å². The maximum atomic E-state index is 12.6. The Morgan fingerprint density at radius 2 is 1.79 bits per heavy atom. The third kappa shape index (κ3) is 3.36. The second-order valence-corrected chi connectivity index (χ2v) is 10.6. The van der Waals surface area contributed by atoms with E-state index in [9.17, 15) is 21.6 Å². The number of ether oxygens (including phenoxy) is 2. The van der Waals surface area contributed by atoms with Crippen molar-refractivity contribution in [2.24, 2.45) is 0 Å². The summed E-state index contributed by atoms with van der Waals surface area (Å²) in [5.74, 6) is -0.271. The first-order valence-corrected chi connectivity index (χ1v) is 12.1. The van der Waals surface area contributed by atoms with Crippen LogP contribution < -0.4 is 14.2 Å². The summed E-state index contributed by atoms with van der Waals surface area (Å²) in [7, 11) is -8.03. The Balaban J connectivity index is 1.60. The predicted octanol–water partition coefficient (Wildman–Crippen LogP) is 1.03. The zero-order chi connectivity index (χ0) is 19.9. The summed E-state index contributed by atoms with van der Waals surface area (Å²) in [6, 6.07) is 4.94. The van der Waals surface area contributed by atoms with Crippen molar-refractivity contribution in [2.75, 3.05) is 26.3 Å². The number of thiophene rings is 1. The first kappa shape index (κ1) is 19.2. The Bertz CT molecular complexity index is 1130. The summed E-state index contributed by atoms with van der Waals surface area (Å²) in [6.07, 6.45) is 0.768. The number of nitrogens with one attached hydrogen (secondary N) is 1. The minimum Gasteiger partial charge on any atom is -0.485 e. The molecular formula is C16H16N2O7S3. The van der Waals surface area contributed by atoms with Gasteiger partial charge in [0.25, 0.3) is 15.9 Å². The first-order chi connectivity index (χ1) is 13.3. The summed E-state index contributed by atoms with van der Waals surface area (Å²) in [4.78, 5) is 12.1. The van der Waals surface area contributed by atoms with Gasteiger partial charge in [-0.25, -0.2) is 21.6 Å². The van der Waals surface area contributed by atoms with Crippen molar-refractivity contribution >= 4 is 37.3 Å². The number of hydrogen-bond donors (Lipinski definition) is 1. The van der Waals surface area contributed by atoms with Crippen molar-refractivity contribution in [1.82, 2.24) is 9.03 Å². The van der Waals surface area contributed by atoms with Crippen LogP contribution in [0.4, 0.5) is 0 Å². The Morgan fingerprint density at radius 1 is 1.07 bits per heavy atom. The summed E-state index contributed by atoms with van der Waals surface area (Å²) >= 11 is 1.00. The molecule has 1 saturated heterocycles. The van der Waals surface area contributed by atoms with E-state index < -0.39 is 26.0 Å². The maximum absolute atomic E-state index is 12.6. The lowest BCUT2D eigenvalue weighted by molar-refractivity contribution is 0.0976. The molecule has 0 spiro atoms. The Kier molecular flexibility index (Phi) is 4.81. The van der Waals surface area contributed by atoms with Crippen LogP contribution in [0.15, 0.2) is 39.4 Å². The number of amides is 1. The average Bonchev–Trinajstić information content (AvgIpc) is 3.04. The van der Waals surface area contributed by atoms with Crippen LogP contribution >= 0.6 is 11.3 Å². The predicted molar refractivity (Wildman–Crippen MR) is 99.8 cm³/mol. The van der Waals surface area contributed by atoms with E-state index in [1.165, 1.54) is 22.5 Å². The molecule has 2 aromatic rings. The number of fused-ring (bicyclic) bond motifs is 1. The highest BCUT2D eigenvalue weighted by atomic mass is 32.2. The minimum atomic E-state index is -4.28. The molecule has 12 heteroatoms. The number of benzene rings is 1. The molecule has 4 rings (SSSR count). The molecule has 0 unspecified atom stereocenters. The van der Waals surface area contributed by atoms with E-state index in [2.05, 4.69) is 0 Å². The molecule has 0 bridgehead atoms. The normalized spacial score (nSPS) is 17.0. The van der Waals surface area contributed by atoms with Crippen LogP contribution in [-0.2, 0) is 20.0 Å². The van der Waals surface area contributed by atoms with Crippen LogP contribution in [-0.4, -0.2) is 53.4 Å². The van der Waals surface area contributed by atoms with Gasteiger partial charge in [0, 0.05) is 18.5 Å². The molecule has 0 radical (unpaired) electrons. The molecule has 9 nitrogen and oxygen atoms in total. The van der Waals surface area contributed by atoms with Gasteiger partial charge in [-0.1, -0.05) is 6.07 Å². The number of rotatable bonds is 5. The number of nitrogens with zero attached hydrogens (tertiary/aromatic N) is 1. The van der Waals surface area contributed by atoms with E-state index >= 15 is 0 Å². The second kappa shape index (κ2) is 7.03. The summed E-state index contributed by atoms with van der Waals surface area (Å²) in [6.45, 7) is 1.41. The van der Waals surface area contributed by atoms with Gasteiger partial charge < -0.3 is 9.47 Å². The highest BCUT2D eigenvalue weighted by Gasteiger charge is 2.31. The number of sulfonamides is 2. The molecule has 1 amide bonds. The lowest BCUT2D eigenvalue weighted by Crippen LogP contribution is -2.42. The number of hydrogen-bond acceptors (Lipinski definition) is 8. The molecule has 3 heterocycles. The molecule has 1 aromatic carbocycles. The molecule has 1 N–H and O–H groups in total. The van der Waals surface area contributed by atoms with Crippen molar-refractivity contribution in [1.29, 1.82) is 0 Å². The maximum Gasteiger partial charge on any atom is 0.279 e. The van der Waals surface area contributed by atoms with Gasteiger partial charge in [0.05, 0.1) is 9.79 Å². The Labute approximate surface area is 166 Å². The summed E-state index contributed by atoms with van der Waals surface area (Å²) < 4.78 is 64.2. The molecule has 1 fully saturated rings. The third-order valence-electron chi connectivity index (χ3n) is 4.30. The van der Waals surface area contributed by atoms with Gasteiger partial charge >= 0.3 is 0 Å². The molecule has 150 valence electrons. The molecule has 0 aliphatic carbocycles. The molecular weight excluding hydrogens is 428 g/mol. The topological polar surface area (TPSA) is 119 Å². The second-order valence-electron chi connectivity index (χ2n) is 6.12. The van der Waals surface area contributed by atoms with Gasteiger partial charge in [-0.3, -0.25) is 4.79 Å². The monoisotopic (exact) mass is 444 g/mol. The third-order valence-corrected chi connectivity index (χ3v) is 8.46. The number of carbonyl (C=O) groups is 1. The molecule has 0 saturated carbocycles. The first-order valence-electron chi connectivity index (χ1n) is 8.33. The Morgan fingerprint density at radius 3 is 2.50 bits per heavy atom. The quantitative estimate of drug-likeness (QED) is 0.732. The fraction of sp³-hybridized carbons (Fsp3) is 0.312. The zero-order valence-electron chi connectivity index (χ0n) is 14.5.